The van der Waals surface area contributed by atoms with E-state index in [-0.39, 0.29) is 17.7 Å². The highest BCUT2D eigenvalue weighted by atomic mass is 32.2. The Morgan fingerprint density at radius 1 is 1.03 bits per heavy atom. The first-order valence-electron chi connectivity index (χ1n) is 12.8. The number of thioether (sulfide) groups is 1. The fraction of sp³-hybridized carbons (Fsp3) is 0.433. The Morgan fingerprint density at radius 3 is 2.38 bits per heavy atom. The van der Waals surface area contributed by atoms with Gasteiger partial charge in [0.1, 0.15) is 5.92 Å². The molecule has 37 heavy (non-hydrogen) atoms. The van der Waals surface area contributed by atoms with Crippen LogP contribution in [0.2, 0.25) is 0 Å². The molecule has 0 radical (unpaired) electrons. The van der Waals surface area contributed by atoms with Crippen LogP contribution in [0.1, 0.15) is 62.5 Å². The molecule has 0 saturated heterocycles. The average Bonchev–Trinajstić information content (AvgIpc) is 2.91. The number of unbranched alkanes of at least 4 members (excludes halogenated alkanes) is 1. The summed E-state index contributed by atoms with van der Waals surface area (Å²) in [6.07, 6.45) is 4.74. The van der Waals surface area contributed by atoms with Crippen molar-refractivity contribution in [1.29, 1.82) is 0 Å². The van der Waals surface area contributed by atoms with Crippen LogP contribution in [0.5, 0.6) is 11.5 Å². The van der Waals surface area contributed by atoms with Crippen molar-refractivity contribution in [2.75, 3.05) is 27.1 Å². The number of methoxy groups -OCH3 is 2. The van der Waals surface area contributed by atoms with Crippen molar-refractivity contribution in [3.63, 3.8) is 0 Å². The summed E-state index contributed by atoms with van der Waals surface area (Å²) in [5.74, 6) is -0.0447. The van der Waals surface area contributed by atoms with E-state index in [1.807, 2.05) is 55.6 Å². The lowest BCUT2D eigenvalue weighted by Gasteiger charge is -2.36. The number of ether oxygens (including phenoxy) is 3. The van der Waals surface area contributed by atoms with Crippen molar-refractivity contribution in [1.82, 2.24) is 0 Å². The van der Waals surface area contributed by atoms with Gasteiger partial charge in [0, 0.05) is 34.2 Å². The van der Waals surface area contributed by atoms with E-state index in [0.29, 0.717) is 42.2 Å². The molecule has 0 bridgehead atoms. The Morgan fingerprint density at radius 2 is 1.73 bits per heavy atom. The maximum Gasteiger partial charge on any atom is 0.315 e. The second kappa shape index (κ2) is 12.0. The summed E-state index contributed by atoms with van der Waals surface area (Å²) in [4.78, 5) is 33.1. The number of carbonyl (C=O) groups excluding carboxylic acids is 2. The molecule has 7 heteroatoms. The van der Waals surface area contributed by atoms with Crippen molar-refractivity contribution in [3.8, 4) is 11.5 Å². The molecule has 0 fully saturated rings. The van der Waals surface area contributed by atoms with Gasteiger partial charge in [0.2, 0.25) is 0 Å². The van der Waals surface area contributed by atoms with Gasteiger partial charge in [0.05, 0.1) is 20.8 Å². The van der Waals surface area contributed by atoms with Gasteiger partial charge in [0.15, 0.2) is 17.3 Å². The number of carbonyl (C=O) groups is 2. The van der Waals surface area contributed by atoms with Crippen LogP contribution in [0.15, 0.2) is 63.6 Å². The summed E-state index contributed by atoms with van der Waals surface area (Å²) in [7, 11) is 3.21. The second-order valence-electron chi connectivity index (χ2n) is 9.51. The lowest BCUT2D eigenvalue weighted by atomic mass is 9.69. The standard InChI is InChI=1S/C30H35NO5S/c1-6-7-14-36-30(33)27-18(2)31-23-15-21(20-10-13-25(34-3)26(17-20)35-4)16-24(32)29(23)28(27)19-8-11-22(37-5)12-9-19/h8-13,17,21,27-28H,6-7,14-16H2,1-5H3/t21-,27?,28+/m0/s1. The zero-order chi connectivity index (χ0) is 26.5. The summed E-state index contributed by atoms with van der Waals surface area (Å²) in [5, 5.41) is 0. The smallest absolute Gasteiger partial charge is 0.315 e. The molecule has 2 aliphatic rings. The summed E-state index contributed by atoms with van der Waals surface area (Å²) in [6.45, 7) is 4.31. The lowest BCUT2D eigenvalue weighted by Crippen LogP contribution is -2.38. The number of hydrogen-bond donors (Lipinski definition) is 0. The van der Waals surface area contributed by atoms with Crippen LogP contribution in [0.3, 0.4) is 0 Å². The van der Waals surface area contributed by atoms with E-state index < -0.39 is 11.8 Å². The van der Waals surface area contributed by atoms with Crippen molar-refractivity contribution in [2.45, 2.75) is 56.3 Å². The number of hydrogen-bond acceptors (Lipinski definition) is 7. The van der Waals surface area contributed by atoms with Gasteiger partial charge < -0.3 is 14.2 Å². The van der Waals surface area contributed by atoms with Crippen LogP contribution in [0.25, 0.3) is 0 Å². The first-order chi connectivity index (χ1) is 17.9. The average molecular weight is 522 g/mol. The third kappa shape index (κ3) is 5.61. The first kappa shape index (κ1) is 27.0. The molecule has 2 aromatic rings. The molecule has 0 aromatic heterocycles. The number of Topliss-reactive ketones (excluding diaryl/α,β-unsaturated/α-hetero) is 1. The quantitative estimate of drug-likeness (QED) is 0.218. The van der Waals surface area contributed by atoms with Gasteiger partial charge in [-0.2, -0.15) is 0 Å². The SMILES string of the molecule is CCCCOC(=O)C1C(C)=NC2=C(C(=O)C[C@@H](c3ccc(OC)c(OC)c3)C2)[C@@H]1c1ccc(SC)cc1. The number of allylic oxidation sites excluding steroid dienone is 2. The molecular formula is C30H35NO5S. The molecule has 0 N–H and O–H groups in total. The summed E-state index contributed by atoms with van der Waals surface area (Å²) >= 11 is 1.66. The summed E-state index contributed by atoms with van der Waals surface area (Å²) < 4.78 is 16.5. The van der Waals surface area contributed by atoms with Crippen molar-refractivity contribution in [3.05, 3.63) is 64.9 Å². The van der Waals surface area contributed by atoms with Crippen LogP contribution < -0.4 is 9.47 Å². The number of benzene rings is 2. The Hall–Kier alpha value is -3.06. The number of ketones is 1. The van der Waals surface area contributed by atoms with Crippen LogP contribution in [-0.2, 0) is 14.3 Å². The minimum Gasteiger partial charge on any atom is -0.493 e. The molecule has 4 rings (SSSR count). The number of aliphatic imine (C=N–C) groups is 1. The molecule has 0 spiro atoms. The Kier molecular flexibility index (Phi) is 8.75. The number of rotatable bonds is 9. The Bertz CT molecular complexity index is 1220. The molecular weight excluding hydrogens is 486 g/mol. The molecule has 1 heterocycles. The van der Waals surface area contributed by atoms with Gasteiger partial charge in [-0.3, -0.25) is 14.6 Å². The third-order valence-corrected chi connectivity index (χ3v) is 7.98. The third-order valence-electron chi connectivity index (χ3n) is 7.24. The maximum absolute atomic E-state index is 13.8. The molecule has 0 saturated carbocycles. The highest BCUT2D eigenvalue weighted by molar-refractivity contribution is 7.98. The van der Waals surface area contributed by atoms with Crippen LogP contribution in [0.4, 0.5) is 0 Å². The molecule has 3 atom stereocenters. The first-order valence-corrected chi connectivity index (χ1v) is 14.0. The highest BCUT2D eigenvalue weighted by Gasteiger charge is 2.44. The fourth-order valence-corrected chi connectivity index (χ4v) is 5.69. The van der Waals surface area contributed by atoms with Crippen LogP contribution in [0, 0.1) is 5.92 Å². The van der Waals surface area contributed by atoms with E-state index in [4.69, 9.17) is 19.2 Å². The maximum atomic E-state index is 13.8. The molecule has 196 valence electrons. The topological polar surface area (TPSA) is 74.2 Å². The Labute approximate surface area is 223 Å². The highest BCUT2D eigenvalue weighted by Crippen LogP contribution is 2.47. The van der Waals surface area contributed by atoms with Gasteiger partial charge in [-0.1, -0.05) is 31.5 Å². The molecule has 1 aliphatic carbocycles. The fourth-order valence-electron chi connectivity index (χ4n) is 5.29. The summed E-state index contributed by atoms with van der Waals surface area (Å²) in [6, 6.07) is 13.9. The van der Waals surface area contributed by atoms with E-state index in [9.17, 15) is 9.59 Å². The number of nitrogens with zero attached hydrogens (tertiary/aromatic N) is 1. The van der Waals surface area contributed by atoms with Gasteiger partial charge in [-0.05, 0) is 67.3 Å². The number of esters is 1. The zero-order valence-corrected chi connectivity index (χ0v) is 23.0. The van der Waals surface area contributed by atoms with E-state index in [0.717, 1.165) is 34.6 Å². The Balaban J connectivity index is 1.73. The molecule has 6 nitrogen and oxygen atoms in total. The van der Waals surface area contributed by atoms with Crippen molar-refractivity contribution >= 4 is 29.2 Å². The molecule has 2 aromatic carbocycles. The van der Waals surface area contributed by atoms with E-state index in [2.05, 4.69) is 6.92 Å². The summed E-state index contributed by atoms with van der Waals surface area (Å²) in [5.41, 5.74) is 4.06. The van der Waals surface area contributed by atoms with Crippen LogP contribution >= 0.6 is 11.8 Å². The minimum absolute atomic E-state index is 0.0302. The lowest BCUT2D eigenvalue weighted by molar-refractivity contribution is -0.146. The molecule has 1 unspecified atom stereocenters. The van der Waals surface area contributed by atoms with Gasteiger partial charge in [-0.25, -0.2) is 0 Å². The molecule has 1 aliphatic heterocycles. The van der Waals surface area contributed by atoms with Crippen molar-refractivity contribution < 1.29 is 23.8 Å². The zero-order valence-electron chi connectivity index (χ0n) is 22.2. The van der Waals surface area contributed by atoms with E-state index in [1.54, 1.807) is 26.0 Å². The van der Waals surface area contributed by atoms with Gasteiger partial charge in [0.25, 0.3) is 0 Å². The minimum atomic E-state index is -0.614. The second-order valence-corrected chi connectivity index (χ2v) is 10.4. The van der Waals surface area contributed by atoms with Crippen LogP contribution in [-0.4, -0.2) is 44.5 Å². The molecule has 0 amide bonds. The van der Waals surface area contributed by atoms with E-state index in [1.165, 1.54) is 0 Å². The monoisotopic (exact) mass is 521 g/mol. The van der Waals surface area contributed by atoms with Crippen molar-refractivity contribution in [2.24, 2.45) is 10.9 Å². The predicted molar refractivity (Wildman–Crippen MR) is 147 cm³/mol. The predicted octanol–water partition coefficient (Wildman–Crippen LogP) is 6.34. The largest absolute Gasteiger partial charge is 0.493 e. The van der Waals surface area contributed by atoms with E-state index >= 15 is 0 Å². The normalized spacial score (nSPS) is 21.3. The van der Waals surface area contributed by atoms with Gasteiger partial charge in [-0.15, -0.1) is 11.8 Å². The van der Waals surface area contributed by atoms with Gasteiger partial charge >= 0.3 is 5.97 Å².